The highest BCUT2D eigenvalue weighted by molar-refractivity contribution is 7.26. The summed E-state index contributed by atoms with van der Waals surface area (Å²) in [6.07, 6.45) is 0. The van der Waals surface area contributed by atoms with E-state index in [9.17, 15) is 0 Å². The first-order valence-corrected chi connectivity index (χ1v) is 39.2. The molecule has 0 saturated carbocycles. The second-order valence-corrected chi connectivity index (χ2v) is 31.8. The van der Waals surface area contributed by atoms with Gasteiger partial charge in [-0.25, -0.2) is 0 Å². The Kier molecular flexibility index (Phi) is 15.1. The van der Waals surface area contributed by atoms with E-state index in [0.29, 0.717) is 0 Å². The highest BCUT2D eigenvalue weighted by Crippen LogP contribution is 2.61. The van der Waals surface area contributed by atoms with Gasteiger partial charge in [-0.2, -0.15) is 0 Å². The van der Waals surface area contributed by atoms with Gasteiger partial charge in [0.25, 0.3) is 0 Å². The maximum Gasteiger partial charge on any atom is 0.0709 e. The maximum atomic E-state index is 2.49. The van der Waals surface area contributed by atoms with Gasteiger partial charge < -0.3 is 19.6 Å². The van der Waals surface area contributed by atoms with E-state index < -0.39 is 0 Å². The van der Waals surface area contributed by atoms with Crippen molar-refractivity contribution in [1.82, 2.24) is 0 Å². The van der Waals surface area contributed by atoms with E-state index in [1.807, 2.05) is 22.7 Å². The van der Waals surface area contributed by atoms with Crippen LogP contribution < -0.4 is 19.6 Å². The van der Waals surface area contributed by atoms with E-state index in [1.54, 1.807) is 0 Å². The third-order valence-corrected chi connectivity index (χ3v) is 25.3. The number of benzene rings is 17. The molecule has 0 spiro atoms. The first kappa shape index (κ1) is 64.3. The van der Waals surface area contributed by atoms with Crippen LogP contribution in [0.2, 0.25) is 0 Å². The number of nitrogens with zero attached hydrogens (tertiary/aromatic N) is 4. The largest absolute Gasteiger partial charge is 0.306 e. The molecule has 17 aromatic carbocycles. The van der Waals surface area contributed by atoms with Crippen molar-refractivity contribution in [3.05, 3.63) is 386 Å². The number of aryl methyl sites for hydroxylation is 2. The van der Waals surface area contributed by atoms with Crippen LogP contribution in [-0.2, 0) is 5.41 Å². The van der Waals surface area contributed by atoms with Crippen LogP contribution in [-0.4, -0.2) is 0 Å². The molecule has 6 heteroatoms. The van der Waals surface area contributed by atoms with E-state index in [4.69, 9.17) is 0 Å². The van der Waals surface area contributed by atoms with Crippen LogP contribution in [0.1, 0.15) is 36.1 Å². The zero-order valence-corrected chi connectivity index (χ0v) is 62.4. The molecule has 4 heterocycles. The number of para-hydroxylation sites is 1. The molecule has 0 unspecified atom stereocenters. The summed E-state index contributed by atoms with van der Waals surface area (Å²) < 4.78 is 5.35. The first-order valence-electron chi connectivity index (χ1n) is 37.6. The van der Waals surface area contributed by atoms with Gasteiger partial charge in [0.05, 0.1) is 56.9 Å². The van der Waals surface area contributed by atoms with Gasteiger partial charge in [-0.3, -0.25) is 0 Å². The first-order chi connectivity index (χ1) is 53.6. The third-order valence-electron chi connectivity index (χ3n) is 22.8. The van der Waals surface area contributed by atoms with Crippen molar-refractivity contribution in [3.8, 4) is 55.6 Å². The lowest BCUT2D eigenvalue weighted by Gasteiger charge is -2.41. The van der Waals surface area contributed by atoms with E-state index in [0.717, 1.165) is 34.1 Å². The van der Waals surface area contributed by atoms with Gasteiger partial charge in [0.15, 0.2) is 0 Å². The number of hydrogen-bond acceptors (Lipinski definition) is 6. The Hall–Kier alpha value is -13.1. The summed E-state index contributed by atoms with van der Waals surface area (Å²) in [5.41, 5.74) is 31.5. The van der Waals surface area contributed by atoms with Crippen LogP contribution >= 0.6 is 22.7 Å². The van der Waals surface area contributed by atoms with Gasteiger partial charge in [-0.15, -0.1) is 22.7 Å². The molecule has 3 aliphatic rings. The molecule has 1 aliphatic carbocycles. The number of hydrogen-bond donors (Lipinski definition) is 0. The second-order valence-electron chi connectivity index (χ2n) is 29.7. The van der Waals surface area contributed by atoms with Crippen LogP contribution in [0.4, 0.5) is 68.2 Å². The smallest absolute Gasteiger partial charge is 0.0709 e. The van der Waals surface area contributed by atoms with E-state index in [-0.39, 0.29) is 5.41 Å². The fourth-order valence-electron chi connectivity index (χ4n) is 17.7. The summed E-state index contributed by atoms with van der Waals surface area (Å²) in [6.45, 7) is 9.20. The van der Waals surface area contributed by atoms with Gasteiger partial charge in [-0.05, 0) is 200 Å². The summed E-state index contributed by atoms with van der Waals surface area (Å²) in [5, 5.41) is 10.2. The third kappa shape index (κ3) is 10.5. The van der Waals surface area contributed by atoms with Gasteiger partial charge in [0, 0.05) is 73.5 Å². The Bertz CT molecular complexity index is 6740. The van der Waals surface area contributed by atoms with Crippen LogP contribution in [0.25, 0.3) is 118 Å². The molecule has 516 valence electrons. The fraction of sp³-hybridized carbons (Fsp3) is 0.0485. The molecule has 2 aromatic heterocycles. The fourth-order valence-corrected chi connectivity index (χ4v) is 20.1. The Morgan fingerprint density at radius 1 is 0.220 bits per heavy atom. The molecule has 0 N–H and O–H groups in total. The summed E-state index contributed by atoms with van der Waals surface area (Å²) in [6, 6.07) is 134. The molecule has 0 amide bonds. The van der Waals surface area contributed by atoms with Gasteiger partial charge >= 0.3 is 0 Å². The van der Waals surface area contributed by atoms with E-state index in [1.165, 1.54) is 174 Å². The minimum absolute atomic E-state index is 0.179. The van der Waals surface area contributed by atoms with E-state index in [2.05, 4.69) is 411 Å². The highest BCUT2D eigenvalue weighted by Gasteiger charge is 2.39. The van der Waals surface area contributed by atoms with Gasteiger partial charge in [0.2, 0.25) is 0 Å². The van der Waals surface area contributed by atoms with Crippen LogP contribution in [0, 0.1) is 13.8 Å². The topological polar surface area (TPSA) is 13.0 Å². The van der Waals surface area contributed by atoms with Crippen molar-refractivity contribution in [2.24, 2.45) is 0 Å². The number of thiophene rings is 2. The quantitative estimate of drug-likeness (QED) is 0.150. The van der Waals surface area contributed by atoms with Gasteiger partial charge in [-0.1, -0.05) is 275 Å². The molecule has 2 aliphatic heterocycles. The average molecular weight is 1430 g/mol. The van der Waals surface area contributed by atoms with Crippen molar-refractivity contribution in [2.75, 3.05) is 19.6 Å². The molecule has 0 bridgehead atoms. The Morgan fingerprint density at radius 3 is 1.26 bits per heavy atom. The normalized spacial score (nSPS) is 13.1. The van der Waals surface area contributed by atoms with Crippen LogP contribution in [0.15, 0.2) is 364 Å². The minimum Gasteiger partial charge on any atom is -0.306 e. The average Bonchev–Trinajstić information content (AvgIpc) is 1.52. The Balaban J connectivity index is 0.000000139. The van der Waals surface area contributed by atoms with Crippen molar-refractivity contribution in [3.63, 3.8) is 0 Å². The molecule has 0 fully saturated rings. The maximum absolute atomic E-state index is 2.49. The molecular formula is C103H72N4S2. The van der Waals surface area contributed by atoms with Crippen molar-refractivity contribution >= 4 is 153 Å². The summed E-state index contributed by atoms with van der Waals surface area (Å²) in [5.74, 6) is 0. The molecule has 0 saturated heterocycles. The molecule has 0 radical (unpaired) electrons. The zero-order valence-electron chi connectivity index (χ0n) is 60.7. The Labute approximate surface area is 642 Å². The van der Waals surface area contributed by atoms with Gasteiger partial charge in [0.1, 0.15) is 0 Å². The van der Waals surface area contributed by atoms with E-state index >= 15 is 0 Å². The summed E-state index contributed by atoms with van der Waals surface area (Å²) in [4.78, 5) is 9.89. The predicted octanol–water partition coefficient (Wildman–Crippen LogP) is 30.5. The standard InChI is InChI=1S/C52H34N2S.C51H38N2S/c1-4-15-35(16-5-1)37-27-30-47-49(33-37)53(39-19-8-3-9-20-39)50-34-38(36-17-6-2-7-18-36)28-31-48(50)54(47)46-32-29-41(40-21-10-11-22-42(40)46)44-24-14-25-45-43-23-12-13-26-51(43)55-52(44)45;1-31-19-25-45-47(27-31)53(44-17-9-12-33-11-5-6-13-36(33)44)48-28-32(2)20-26-46(48)52(45)35-22-24-39-38-23-21-34(29-42(38)51(3,4)43(39)30-35)37-15-10-16-41-40-14-7-8-18-49(40)54-50(37)41/h1-34H;5-30H,1-4H3. The lowest BCUT2D eigenvalue weighted by atomic mass is 9.81. The SMILES string of the molecule is Cc1ccc2c(c1)N(c1cccc3ccccc13)c1cc(C)ccc1N2c1ccc2c(c1)C(C)(C)c1cc(-c3cccc4c3sc3ccccc34)ccc1-2.c1ccc(-c2ccc3c(c2)N(c2ccccc2)c2cc(-c4ccccc4)ccc2N3c2ccc(-c3cccc4c3sc3ccccc34)c3ccccc23)cc1. The second kappa shape index (κ2) is 25.6. The van der Waals surface area contributed by atoms with Crippen molar-refractivity contribution < 1.29 is 0 Å². The highest BCUT2D eigenvalue weighted by atomic mass is 32.1. The molecule has 22 rings (SSSR count). The lowest BCUT2D eigenvalue weighted by molar-refractivity contribution is 0.660. The molecule has 0 atom stereocenters. The van der Waals surface area contributed by atoms with Crippen molar-refractivity contribution in [2.45, 2.75) is 33.1 Å². The molecule has 19 aromatic rings. The number of anilines is 12. The summed E-state index contributed by atoms with van der Waals surface area (Å²) >= 11 is 3.79. The molecular weight excluding hydrogens is 1360 g/mol. The predicted molar refractivity (Wildman–Crippen MR) is 468 cm³/mol. The lowest BCUT2D eigenvalue weighted by Crippen LogP contribution is -2.25. The van der Waals surface area contributed by atoms with Crippen molar-refractivity contribution in [1.29, 1.82) is 0 Å². The number of fused-ring (bicyclic) bond motifs is 15. The molecule has 4 nitrogen and oxygen atoms in total. The Morgan fingerprint density at radius 2 is 0.633 bits per heavy atom. The molecule has 109 heavy (non-hydrogen) atoms. The number of rotatable bonds is 8. The van der Waals surface area contributed by atoms with Crippen LogP contribution in [0.5, 0.6) is 0 Å². The monoisotopic (exact) mass is 1430 g/mol. The minimum atomic E-state index is -0.179. The van der Waals surface area contributed by atoms with Crippen LogP contribution in [0.3, 0.4) is 0 Å². The zero-order chi connectivity index (χ0) is 72.6. The summed E-state index contributed by atoms with van der Waals surface area (Å²) in [7, 11) is 0.